The molecule has 7 nitrogen and oxygen atoms in total. The van der Waals surface area contributed by atoms with Crippen LogP contribution in [0.2, 0.25) is 0 Å². The number of hydrogen-bond donors (Lipinski definition) is 3. The average Bonchev–Trinajstić information content (AvgIpc) is 2.51. The third kappa shape index (κ3) is 7.41. The van der Waals surface area contributed by atoms with Crippen LogP contribution in [0.15, 0.2) is 24.8 Å². The van der Waals surface area contributed by atoms with Crippen molar-refractivity contribution in [2.45, 2.75) is 58.2 Å². The van der Waals surface area contributed by atoms with Gasteiger partial charge in [0.1, 0.15) is 12.1 Å². The van der Waals surface area contributed by atoms with Crippen molar-refractivity contribution in [3.63, 3.8) is 0 Å². The van der Waals surface area contributed by atoms with Crippen molar-refractivity contribution < 1.29 is 19.1 Å². The summed E-state index contributed by atoms with van der Waals surface area (Å²) >= 11 is 0. The SMILES string of the molecule is C=CCC(C)(N)C(=O)NC(C)C(=O)NC(C=CC)C(=O)OCCC. The molecular formula is C17H29N3O4. The fourth-order valence-electron chi connectivity index (χ4n) is 1.77. The average molecular weight is 339 g/mol. The third-order valence-electron chi connectivity index (χ3n) is 3.21. The quantitative estimate of drug-likeness (QED) is 0.403. The zero-order chi connectivity index (χ0) is 18.8. The first kappa shape index (κ1) is 21.9. The lowest BCUT2D eigenvalue weighted by atomic mass is 9.98. The molecule has 0 aliphatic carbocycles. The Bertz CT molecular complexity index is 486. The van der Waals surface area contributed by atoms with Gasteiger partial charge in [0.25, 0.3) is 0 Å². The van der Waals surface area contributed by atoms with Gasteiger partial charge in [-0.25, -0.2) is 4.79 Å². The second-order valence-electron chi connectivity index (χ2n) is 5.78. The predicted molar refractivity (Wildman–Crippen MR) is 93.0 cm³/mol. The molecule has 0 fully saturated rings. The summed E-state index contributed by atoms with van der Waals surface area (Å²) in [4.78, 5) is 36.2. The highest BCUT2D eigenvalue weighted by atomic mass is 16.5. The minimum Gasteiger partial charge on any atom is -0.464 e. The number of esters is 1. The van der Waals surface area contributed by atoms with E-state index in [9.17, 15) is 14.4 Å². The molecule has 0 saturated heterocycles. The van der Waals surface area contributed by atoms with Crippen LogP contribution in [0.25, 0.3) is 0 Å². The van der Waals surface area contributed by atoms with E-state index in [2.05, 4.69) is 17.2 Å². The fraction of sp³-hybridized carbons (Fsp3) is 0.588. The number of allylic oxidation sites excluding steroid dienone is 1. The van der Waals surface area contributed by atoms with Crippen LogP contribution in [0.3, 0.4) is 0 Å². The molecule has 0 radical (unpaired) electrons. The highest BCUT2D eigenvalue weighted by Gasteiger charge is 2.30. The molecule has 0 aromatic heterocycles. The van der Waals surface area contributed by atoms with E-state index in [1.54, 1.807) is 19.9 Å². The van der Waals surface area contributed by atoms with Gasteiger partial charge < -0.3 is 21.1 Å². The van der Waals surface area contributed by atoms with Crippen molar-refractivity contribution >= 4 is 17.8 Å². The van der Waals surface area contributed by atoms with Gasteiger partial charge in [-0.1, -0.05) is 25.2 Å². The number of amides is 2. The molecule has 7 heteroatoms. The Hall–Kier alpha value is -2.15. The van der Waals surface area contributed by atoms with Crippen LogP contribution in [0.1, 0.15) is 40.5 Å². The Kier molecular flexibility index (Phi) is 9.64. The highest BCUT2D eigenvalue weighted by Crippen LogP contribution is 2.06. The van der Waals surface area contributed by atoms with Crippen LogP contribution >= 0.6 is 0 Å². The highest BCUT2D eigenvalue weighted by molar-refractivity contribution is 5.93. The number of carbonyl (C=O) groups is 3. The lowest BCUT2D eigenvalue weighted by Crippen LogP contribution is -2.57. The molecule has 0 rings (SSSR count). The van der Waals surface area contributed by atoms with Crippen LogP contribution in [-0.4, -0.2) is 42.0 Å². The van der Waals surface area contributed by atoms with Gasteiger partial charge in [-0.15, -0.1) is 6.58 Å². The van der Waals surface area contributed by atoms with E-state index in [0.29, 0.717) is 6.42 Å². The van der Waals surface area contributed by atoms with Crippen molar-refractivity contribution in [2.75, 3.05) is 6.61 Å². The molecule has 0 spiro atoms. The molecular weight excluding hydrogens is 310 g/mol. The van der Waals surface area contributed by atoms with Crippen LogP contribution in [0, 0.1) is 0 Å². The first-order valence-electron chi connectivity index (χ1n) is 8.00. The Morgan fingerprint density at radius 1 is 1.33 bits per heavy atom. The Balaban J connectivity index is 4.78. The third-order valence-corrected chi connectivity index (χ3v) is 3.21. The van der Waals surface area contributed by atoms with Gasteiger partial charge in [-0.05, 0) is 33.6 Å². The second-order valence-corrected chi connectivity index (χ2v) is 5.78. The summed E-state index contributed by atoms with van der Waals surface area (Å²) in [6.45, 7) is 10.5. The summed E-state index contributed by atoms with van der Waals surface area (Å²) in [5.74, 6) is -1.52. The predicted octanol–water partition coefficient (Wildman–Crippen LogP) is 0.799. The van der Waals surface area contributed by atoms with Gasteiger partial charge in [0.05, 0.1) is 12.1 Å². The van der Waals surface area contributed by atoms with Crippen molar-refractivity contribution in [3.05, 3.63) is 24.8 Å². The van der Waals surface area contributed by atoms with E-state index in [-0.39, 0.29) is 13.0 Å². The molecule has 0 bridgehead atoms. The molecule has 3 unspecified atom stereocenters. The Labute approximate surface area is 143 Å². The fourth-order valence-corrected chi connectivity index (χ4v) is 1.77. The first-order valence-corrected chi connectivity index (χ1v) is 8.00. The maximum Gasteiger partial charge on any atom is 0.332 e. The molecule has 24 heavy (non-hydrogen) atoms. The van der Waals surface area contributed by atoms with E-state index in [1.807, 2.05) is 6.92 Å². The Morgan fingerprint density at radius 2 is 1.96 bits per heavy atom. The maximum atomic E-state index is 12.2. The van der Waals surface area contributed by atoms with Gasteiger partial charge in [-0.2, -0.15) is 0 Å². The van der Waals surface area contributed by atoms with Crippen molar-refractivity contribution in [2.24, 2.45) is 5.73 Å². The summed E-state index contributed by atoms with van der Waals surface area (Å²) in [7, 11) is 0. The molecule has 0 heterocycles. The van der Waals surface area contributed by atoms with Crippen molar-refractivity contribution in [1.82, 2.24) is 10.6 Å². The summed E-state index contributed by atoms with van der Waals surface area (Å²) in [6.07, 6.45) is 5.67. The molecule has 0 aromatic rings. The van der Waals surface area contributed by atoms with E-state index >= 15 is 0 Å². The number of nitrogens with one attached hydrogen (secondary N) is 2. The molecule has 0 aliphatic heterocycles. The van der Waals surface area contributed by atoms with Gasteiger partial charge >= 0.3 is 5.97 Å². The standard InChI is InChI=1S/C17H29N3O4/c1-6-9-13(15(22)24-11-8-3)20-14(21)12(4)19-16(23)17(5,18)10-7-2/h6-7,9,12-13H,2,8,10-11,18H2,1,3-5H3,(H,19,23)(H,20,21). The summed E-state index contributed by atoms with van der Waals surface area (Å²) in [5, 5.41) is 5.07. The van der Waals surface area contributed by atoms with Gasteiger partial charge in [-0.3, -0.25) is 9.59 Å². The zero-order valence-electron chi connectivity index (χ0n) is 14.9. The van der Waals surface area contributed by atoms with Crippen LogP contribution in [-0.2, 0) is 19.1 Å². The molecule has 3 atom stereocenters. The van der Waals surface area contributed by atoms with Gasteiger partial charge in [0.2, 0.25) is 11.8 Å². The van der Waals surface area contributed by atoms with Crippen LogP contribution in [0.5, 0.6) is 0 Å². The number of nitrogens with two attached hydrogens (primary N) is 1. The summed E-state index contributed by atoms with van der Waals surface area (Å²) < 4.78 is 5.03. The number of carbonyl (C=O) groups excluding carboxylic acids is 3. The summed E-state index contributed by atoms with van der Waals surface area (Å²) in [6, 6.07) is -1.75. The lowest BCUT2D eigenvalue weighted by Gasteiger charge is -2.25. The summed E-state index contributed by atoms with van der Waals surface area (Å²) in [5.41, 5.74) is 4.72. The van der Waals surface area contributed by atoms with Crippen LogP contribution < -0.4 is 16.4 Å². The monoisotopic (exact) mass is 339 g/mol. The van der Waals surface area contributed by atoms with E-state index in [4.69, 9.17) is 10.5 Å². The normalized spacial score (nSPS) is 15.9. The maximum absolute atomic E-state index is 12.2. The van der Waals surface area contributed by atoms with Crippen molar-refractivity contribution in [1.29, 1.82) is 0 Å². The van der Waals surface area contributed by atoms with Crippen LogP contribution in [0.4, 0.5) is 0 Å². The molecule has 2 amide bonds. The topological polar surface area (TPSA) is 111 Å². The van der Waals surface area contributed by atoms with E-state index < -0.39 is 35.4 Å². The van der Waals surface area contributed by atoms with Gasteiger partial charge in [0, 0.05) is 0 Å². The zero-order valence-corrected chi connectivity index (χ0v) is 14.9. The molecule has 0 aliphatic rings. The number of ether oxygens (including phenoxy) is 1. The number of rotatable bonds is 10. The first-order chi connectivity index (χ1) is 11.2. The van der Waals surface area contributed by atoms with Crippen molar-refractivity contribution in [3.8, 4) is 0 Å². The smallest absolute Gasteiger partial charge is 0.332 e. The minimum atomic E-state index is -1.15. The molecule has 4 N–H and O–H groups in total. The largest absolute Gasteiger partial charge is 0.464 e. The molecule has 136 valence electrons. The molecule has 0 saturated carbocycles. The van der Waals surface area contributed by atoms with E-state index in [0.717, 1.165) is 0 Å². The Morgan fingerprint density at radius 3 is 2.46 bits per heavy atom. The van der Waals surface area contributed by atoms with E-state index in [1.165, 1.54) is 19.1 Å². The lowest BCUT2D eigenvalue weighted by molar-refractivity contribution is -0.146. The molecule has 0 aromatic carbocycles. The minimum absolute atomic E-state index is 0.276. The number of hydrogen-bond acceptors (Lipinski definition) is 5. The second kappa shape index (κ2) is 10.6. The van der Waals surface area contributed by atoms with Gasteiger partial charge in [0.15, 0.2) is 0 Å².